The molecule has 0 bridgehead atoms. The fourth-order valence-corrected chi connectivity index (χ4v) is 4.83. The van der Waals surface area contributed by atoms with Gasteiger partial charge in [-0.05, 0) is 38.8 Å². The van der Waals surface area contributed by atoms with Gasteiger partial charge >= 0.3 is 0 Å². The molecule has 0 radical (unpaired) electrons. The van der Waals surface area contributed by atoms with E-state index in [0.717, 1.165) is 11.3 Å². The standard InChI is InChI=1S/C12H20ClNO2S2/c1-5-12(2,3)14(4)18(15,16)11-7-6-10(17-11)8-9-13/h6-7H,5,8-9H2,1-4H3. The summed E-state index contributed by atoms with van der Waals surface area (Å²) in [4.78, 5) is 1.01. The molecule has 0 atom stereocenters. The molecule has 0 spiro atoms. The van der Waals surface area contributed by atoms with Crippen molar-refractivity contribution in [3.05, 3.63) is 17.0 Å². The molecule has 6 heteroatoms. The fraction of sp³-hybridized carbons (Fsp3) is 0.667. The highest BCUT2D eigenvalue weighted by Crippen LogP contribution is 2.29. The maximum Gasteiger partial charge on any atom is 0.252 e. The summed E-state index contributed by atoms with van der Waals surface area (Å²) in [5, 5.41) is 0. The van der Waals surface area contributed by atoms with Crippen molar-refractivity contribution in [1.82, 2.24) is 4.31 Å². The maximum atomic E-state index is 12.5. The van der Waals surface area contributed by atoms with Gasteiger partial charge in [0.25, 0.3) is 10.0 Å². The third-order valence-electron chi connectivity index (χ3n) is 3.31. The molecule has 0 amide bonds. The Balaban J connectivity index is 3.05. The molecule has 0 unspecified atom stereocenters. The second-order valence-corrected chi connectivity index (χ2v) is 8.54. The van der Waals surface area contributed by atoms with Crippen LogP contribution >= 0.6 is 22.9 Å². The molecule has 0 saturated carbocycles. The van der Waals surface area contributed by atoms with Gasteiger partial charge in [0.15, 0.2) is 0 Å². The van der Waals surface area contributed by atoms with E-state index >= 15 is 0 Å². The third-order valence-corrected chi connectivity index (χ3v) is 7.18. The average molecular weight is 310 g/mol. The van der Waals surface area contributed by atoms with Crippen LogP contribution in [0.5, 0.6) is 0 Å². The van der Waals surface area contributed by atoms with Gasteiger partial charge in [-0.25, -0.2) is 8.42 Å². The zero-order valence-corrected chi connectivity index (χ0v) is 13.6. The number of halogens is 1. The van der Waals surface area contributed by atoms with E-state index in [1.165, 1.54) is 15.6 Å². The van der Waals surface area contributed by atoms with Crippen LogP contribution in [0.4, 0.5) is 0 Å². The van der Waals surface area contributed by atoms with Gasteiger partial charge in [0.2, 0.25) is 0 Å². The minimum atomic E-state index is -3.40. The van der Waals surface area contributed by atoms with Crippen molar-refractivity contribution < 1.29 is 8.42 Å². The summed E-state index contributed by atoms with van der Waals surface area (Å²) in [5.74, 6) is 0.510. The number of rotatable bonds is 6. The highest BCUT2D eigenvalue weighted by Gasteiger charge is 2.33. The largest absolute Gasteiger partial charge is 0.252 e. The highest BCUT2D eigenvalue weighted by atomic mass is 35.5. The van der Waals surface area contributed by atoms with Gasteiger partial charge < -0.3 is 0 Å². The molecule has 0 saturated heterocycles. The second kappa shape index (κ2) is 5.90. The molecule has 0 aliphatic heterocycles. The summed E-state index contributed by atoms with van der Waals surface area (Å²) >= 11 is 6.97. The summed E-state index contributed by atoms with van der Waals surface area (Å²) in [6.45, 7) is 5.84. The quantitative estimate of drug-likeness (QED) is 0.756. The molecule has 0 aromatic carbocycles. The van der Waals surface area contributed by atoms with Crippen LogP contribution in [0.15, 0.2) is 16.3 Å². The molecule has 18 heavy (non-hydrogen) atoms. The Morgan fingerprint density at radius 1 is 1.39 bits per heavy atom. The lowest BCUT2D eigenvalue weighted by Gasteiger charge is -2.33. The van der Waals surface area contributed by atoms with E-state index in [4.69, 9.17) is 11.6 Å². The van der Waals surface area contributed by atoms with Crippen molar-refractivity contribution >= 4 is 33.0 Å². The number of hydrogen-bond donors (Lipinski definition) is 0. The Morgan fingerprint density at radius 2 is 2.00 bits per heavy atom. The van der Waals surface area contributed by atoms with Crippen molar-refractivity contribution in [3.63, 3.8) is 0 Å². The predicted molar refractivity (Wildman–Crippen MR) is 78.1 cm³/mol. The number of hydrogen-bond acceptors (Lipinski definition) is 3. The maximum absolute atomic E-state index is 12.5. The Kier molecular flexibility index (Phi) is 5.23. The summed E-state index contributed by atoms with van der Waals surface area (Å²) in [7, 11) is -1.76. The molecule has 0 fully saturated rings. The smallest absolute Gasteiger partial charge is 0.206 e. The number of alkyl halides is 1. The van der Waals surface area contributed by atoms with Crippen LogP contribution < -0.4 is 0 Å². The molecule has 0 N–H and O–H groups in total. The molecule has 1 aromatic heterocycles. The molecular weight excluding hydrogens is 290 g/mol. The second-order valence-electron chi connectivity index (χ2n) is 4.80. The molecule has 3 nitrogen and oxygen atoms in total. The van der Waals surface area contributed by atoms with Gasteiger partial charge in [-0.3, -0.25) is 0 Å². The lowest BCUT2D eigenvalue weighted by atomic mass is 10.0. The Hall–Kier alpha value is -0.100. The van der Waals surface area contributed by atoms with E-state index in [1.807, 2.05) is 26.8 Å². The number of nitrogens with zero attached hydrogens (tertiary/aromatic N) is 1. The lowest BCUT2D eigenvalue weighted by Crippen LogP contribution is -2.44. The van der Waals surface area contributed by atoms with Crippen molar-refractivity contribution in [2.24, 2.45) is 0 Å². The number of aryl methyl sites for hydroxylation is 1. The van der Waals surface area contributed by atoms with E-state index in [1.54, 1.807) is 13.1 Å². The number of sulfonamides is 1. The van der Waals surface area contributed by atoms with Crippen LogP contribution in [-0.2, 0) is 16.4 Å². The summed E-state index contributed by atoms with van der Waals surface area (Å²) in [5.41, 5.74) is -0.379. The van der Waals surface area contributed by atoms with E-state index in [-0.39, 0.29) is 5.54 Å². The van der Waals surface area contributed by atoms with E-state index < -0.39 is 10.0 Å². The van der Waals surface area contributed by atoms with Gasteiger partial charge in [-0.15, -0.1) is 22.9 Å². The first-order valence-corrected chi connectivity index (χ1v) is 8.68. The monoisotopic (exact) mass is 309 g/mol. The zero-order valence-electron chi connectivity index (χ0n) is 11.2. The van der Waals surface area contributed by atoms with Crippen molar-refractivity contribution in [2.45, 2.75) is 43.4 Å². The van der Waals surface area contributed by atoms with Crippen LogP contribution in [0.3, 0.4) is 0 Å². The Labute approximate surface area is 119 Å². The first-order valence-electron chi connectivity index (χ1n) is 5.89. The van der Waals surface area contributed by atoms with E-state index in [2.05, 4.69) is 0 Å². The van der Waals surface area contributed by atoms with Gasteiger partial charge in [0, 0.05) is 23.3 Å². The van der Waals surface area contributed by atoms with Crippen molar-refractivity contribution in [2.75, 3.05) is 12.9 Å². The highest BCUT2D eigenvalue weighted by molar-refractivity contribution is 7.91. The van der Waals surface area contributed by atoms with Gasteiger partial charge in [-0.2, -0.15) is 4.31 Å². The predicted octanol–water partition coefficient (Wildman–Crippen LogP) is 3.34. The lowest BCUT2D eigenvalue weighted by molar-refractivity contribution is 0.257. The SMILES string of the molecule is CCC(C)(C)N(C)S(=O)(=O)c1ccc(CCCl)s1. The molecular formula is C12H20ClNO2S2. The fourth-order valence-electron chi connectivity index (χ4n) is 1.41. The molecule has 1 heterocycles. The van der Waals surface area contributed by atoms with Crippen LogP contribution in [0.25, 0.3) is 0 Å². The molecule has 1 rings (SSSR count). The topological polar surface area (TPSA) is 37.4 Å². The van der Waals surface area contributed by atoms with Crippen LogP contribution in [0, 0.1) is 0 Å². The Morgan fingerprint density at radius 3 is 2.50 bits per heavy atom. The van der Waals surface area contributed by atoms with E-state index in [0.29, 0.717) is 16.5 Å². The molecule has 1 aromatic rings. The number of thiophene rings is 1. The zero-order chi connectivity index (χ0) is 14.0. The van der Waals surface area contributed by atoms with Crippen LogP contribution in [0.2, 0.25) is 0 Å². The summed E-state index contributed by atoms with van der Waals surface area (Å²) < 4.78 is 26.8. The van der Waals surface area contributed by atoms with E-state index in [9.17, 15) is 8.42 Å². The minimum absolute atomic E-state index is 0.379. The molecule has 0 aliphatic rings. The minimum Gasteiger partial charge on any atom is -0.206 e. The first-order chi connectivity index (χ1) is 8.25. The van der Waals surface area contributed by atoms with Crippen molar-refractivity contribution in [3.8, 4) is 0 Å². The van der Waals surface area contributed by atoms with Crippen LogP contribution in [-0.4, -0.2) is 31.2 Å². The average Bonchev–Trinajstić information content (AvgIpc) is 2.77. The van der Waals surface area contributed by atoms with Gasteiger partial charge in [0.1, 0.15) is 4.21 Å². The van der Waals surface area contributed by atoms with Gasteiger partial charge in [-0.1, -0.05) is 6.92 Å². The third kappa shape index (κ3) is 3.26. The summed E-state index contributed by atoms with van der Waals surface area (Å²) in [6, 6.07) is 3.51. The van der Waals surface area contributed by atoms with Gasteiger partial charge in [0.05, 0.1) is 0 Å². The molecule has 0 aliphatic carbocycles. The Bertz CT molecular complexity index is 494. The van der Waals surface area contributed by atoms with Crippen LogP contribution in [0.1, 0.15) is 32.1 Å². The summed E-state index contributed by atoms with van der Waals surface area (Å²) in [6.07, 6.45) is 1.48. The first kappa shape index (κ1) is 16.0. The molecule has 104 valence electrons. The van der Waals surface area contributed by atoms with Crippen molar-refractivity contribution in [1.29, 1.82) is 0 Å². The normalized spacial score (nSPS) is 13.2.